The number of furan rings is 1. The van der Waals surface area contributed by atoms with E-state index in [2.05, 4.69) is 0 Å². The maximum absolute atomic E-state index is 13.5. The molecule has 7 nitrogen and oxygen atoms in total. The number of carbonyl (C=O) groups excluding carboxylic acids is 3. The van der Waals surface area contributed by atoms with Crippen LogP contribution in [-0.2, 0) is 14.3 Å². The van der Waals surface area contributed by atoms with Gasteiger partial charge in [0.25, 0.3) is 0 Å². The number of rotatable bonds is 4. The molecule has 3 saturated carbocycles. The molecule has 3 fully saturated rings. The number of fused-ring (bicyclic) bond motifs is 5. The van der Waals surface area contributed by atoms with Gasteiger partial charge in [0.15, 0.2) is 11.4 Å². The lowest BCUT2D eigenvalue weighted by Crippen LogP contribution is -2.69. The molecule has 8 unspecified atom stereocenters. The predicted octanol–water partition coefficient (Wildman–Crippen LogP) is 3.62. The monoisotopic (exact) mass is 502 g/mol. The number of aliphatic hydroxyl groups is 2. The zero-order valence-electron chi connectivity index (χ0n) is 20.1. The van der Waals surface area contributed by atoms with E-state index in [0.717, 1.165) is 5.57 Å². The molecular weight excluding hydrogens is 472 g/mol. The molecule has 8 heteroatoms. The van der Waals surface area contributed by atoms with Gasteiger partial charge < -0.3 is 19.4 Å². The number of esters is 1. The Morgan fingerprint density at radius 2 is 2.03 bits per heavy atom. The SMILES string of the molecule is CC1CC2C3CCC4=CC(=O)C=CC4(C)C3(Cl)C(O)CC2(C)C1(OC(=O)c1ccco1)C(=O)CO. The normalized spacial score (nSPS) is 44.2. The van der Waals surface area contributed by atoms with Crippen molar-refractivity contribution < 1.29 is 33.8 Å². The van der Waals surface area contributed by atoms with Crippen molar-refractivity contribution in [1.82, 2.24) is 0 Å². The molecule has 0 saturated heterocycles. The van der Waals surface area contributed by atoms with Gasteiger partial charge in [-0.3, -0.25) is 9.59 Å². The molecule has 2 N–H and O–H groups in total. The summed E-state index contributed by atoms with van der Waals surface area (Å²) in [5, 5.41) is 21.7. The Balaban J connectivity index is 1.61. The van der Waals surface area contributed by atoms with Gasteiger partial charge in [0.2, 0.25) is 11.5 Å². The van der Waals surface area contributed by atoms with Gasteiger partial charge in [-0.05, 0) is 61.8 Å². The number of aliphatic hydroxyl groups excluding tert-OH is 2. The third kappa shape index (κ3) is 2.95. The number of ketones is 2. The second-order valence-electron chi connectivity index (χ2n) is 11.1. The van der Waals surface area contributed by atoms with Crippen LogP contribution in [0.25, 0.3) is 0 Å². The van der Waals surface area contributed by atoms with Crippen LogP contribution in [0.2, 0.25) is 0 Å². The number of hydrogen-bond donors (Lipinski definition) is 2. The van der Waals surface area contributed by atoms with Gasteiger partial charge in [0.1, 0.15) is 6.61 Å². The van der Waals surface area contributed by atoms with E-state index >= 15 is 0 Å². The lowest BCUT2D eigenvalue weighted by atomic mass is 9.45. The Hall–Kier alpha value is -2.22. The molecule has 4 aliphatic carbocycles. The first-order valence-corrected chi connectivity index (χ1v) is 12.6. The molecule has 0 bridgehead atoms. The third-order valence-electron chi connectivity index (χ3n) is 9.71. The summed E-state index contributed by atoms with van der Waals surface area (Å²) in [4.78, 5) is 37.5. The highest BCUT2D eigenvalue weighted by Crippen LogP contribution is 2.72. The highest BCUT2D eigenvalue weighted by Gasteiger charge is 2.76. The van der Waals surface area contributed by atoms with Crippen LogP contribution in [0.3, 0.4) is 0 Å². The number of halogens is 1. The number of ether oxygens (including phenoxy) is 1. The maximum Gasteiger partial charge on any atom is 0.375 e. The largest absolute Gasteiger partial charge is 0.457 e. The molecule has 1 heterocycles. The zero-order valence-corrected chi connectivity index (χ0v) is 20.9. The van der Waals surface area contributed by atoms with E-state index in [4.69, 9.17) is 20.8 Å². The van der Waals surface area contributed by atoms with Crippen molar-refractivity contribution in [3.63, 3.8) is 0 Å². The van der Waals surface area contributed by atoms with Crippen LogP contribution in [0.1, 0.15) is 57.0 Å². The van der Waals surface area contributed by atoms with Crippen LogP contribution >= 0.6 is 11.6 Å². The molecule has 0 aromatic carbocycles. The van der Waals surface area contributed by atoms with Gasteiger partial charge in [-0.2, -0.15) is 0 Å². The van der Waals surface area contributed by atoms with Gasteiger partial charge in [-0.15, -0.1) is 11.6 Å². The molecule has 0 amide bonds. The highest BCUT2D eigenvalue weighted by atomic mass is 35.5. The number of Topliss-reactive ketones (excluding diaryl/α,β-unsaturated/α-hetero) is 1. The molecule has 0 aliphatic heterocycles. The van der Waals surface area contributed by atoms with Gasteiger partial charge in [0, 0.05) is 16.7 Å². The lowest BCUT2D eigenvalue weighted by Gasteiger charge is -2.64. The van der Waals surface area contributed by atoms with Crippen molar-refractivity contribution in [2.24, 2.45) is 28.6 Å². The Morgan fingerprint density at radius 1 is 1.29 bits per heavy atom. The third-order valence-corrected chi connectivity index (χ3v) is 10.6. The molecule has 4 aliphatic rings. The summed E-state index contributed by atoms with van der Waals surface area (Å²) in [5.74, 6) is -2.28. The maximum atomic E-state index is 13.5. The Bertz CT molecular complexity index is 1140. The summed E-state index contributed by atoms with van der Waals surface area (Å²) in [7, 11) is 0. The molecule has 1 aromatic heterocycles. The minimum atomic E-state index is -1.65. The van der Waals surface area contributed by atoms with Gasteiger partial charge in [-0.25, -0.2) is 4.79 Å². The lowest BCUT2D eigenvalue weighted by molar-refractivity contribution is -0.181. The van der Waals surface area contributed by atoms with Crippen LogP contribution in [-0.4, -0.2) is 50.9 Å². The van der Waals surface area contributed by atoms with Crippen molar-refractivity contribution in [1.29, 1.82) is 0 Å². The summed E-state index contributed by atoms with van der Waals surface area (Å²) < 4.78 is 11.2. The standard InChI is InChI=1S/C27H31ClO7/c1-15-11-19-18-7-6-16-12-17(30)8-9-24(16,2)26(18,28)21(31)13-25(19,3)27(15,22(32)14-29)35-23(33)20-5-4-10-34-20/h4-5,8-10,12,15,18-19,21,29,31H,6-7,11,13-14H2,1-3H3. The van der Waals surface area contributed by atoms with Gasteiger partial charge in [-0.1, -0.05) is 32.4 Å². The van der Waals surface area contributed by atoms with E-state index in [1.807, 2.05) is 26.8 Å². The quantitative estimate of drug-likeness (QED) is 0.477. The van der Waals surface area contributed by atoms with Crippen molar-refractivity contribution in [2.45, 2.75) is 63.0 Å². The van der Waals surface area contributed by atoms with E-state index < -0.39 is 51.7 Å². The van der Waals surface area contributed by atoms with Crippen LogP contribution < -0.4 is 0 Å². The number of hydrogen-bond acceptors (Lipinski definition) is 7. The molecular formula is C27H31ClO7. The van der Waals surface area contributed by atoms with Crippen molar-refractivity contribution in [3.05, 3.63) is 48.0 Å². The molecule has 0 radical (unpaired) electrons. The minimum absolute atomic E-state index is 0.0330. The average molecular weight is 503 g/mol. The van der Waals surface area contributed by atoms with E-state index in [9.17, 15) is 24.6 Å². The number of alkyl halides is 1. The van der Waals surface area contributed by atoms with Crippen molar-refractivity contribution >= 4 is 29.1 Å². The van der Waals surface area contributed by atoms with E-state index in [-0.39, 0.29) is 29.8 Å². The van der Waals surface area contributed by atoms with Crippen molar-refractivity contribution in [2.75, 3.05) is 6.61 Å². The zero-order chi connectivity index (χ0) is 25.4. The topological polar surface area (TPSA) is 114 Å². The fourth-order valence-electron chi connectivity index (χ4n) is 8.11. The molecule has 1 aromatic rings. The van der Waals surface area contributed by atoms with Crippen LogP contribution in [0, 0.1) is 28.6 Å². The van der Waals surface area contributed by atoms with Crippen molar-refractivity contribution in [3.8, 4) is 0 Å². The number of allylic oxidation sites excluding steroid dienone is 4. The fourth-order valence-corrected chi connectivity index (χ4v) is 8.63. The van der Waals surface area contributed by atoms with Crippen LogP contribution in [0.5, 0.6) is 0 Å². The van der Waals surface area contributed by atoms with Crippen LogP contribution in [0.15, 0.2) is 46.6 Å². The molecule has 5 rings (SSSR count). The summed E-state index contributed by atoms with van der Waals surface area (Å²) in [6.07, 6.45) is 7.17. The van der Waals surface area contributed by atoms with E-state index in [1.165, 1.54) is 18.4 Å². The molecule has 35 heavy (non-hydrogen) atoms. The summed E-state index contributed by atoms with van der Waals surface area (Å²) >= 11 is 7.45. The smallest absolute Gasteiger partial charge is 0.375 e. The molecule has 0 spiro atoms. The Kier molecular flexibility index (Phi) is 5.52. The van der Waals surface area contributed by atoms with Crippen LogP contribution in [0.4, 0.5) is 0 Å². The average Bonchev–Trinajstić information content (AvgIpc) is 3.42. The molecule has 188 valence electrons. The first-order chi connectivity index (χ1) is 16.5. The summed E-state index contributed by atoms with van der Waals surface area (Å²) in [6.45, 7) is 4.90. The van der Waals surface area contributed by atoms with E-state index in [0.29, 0.717) is 19.3 Å². The summed E-state index contributed by atoms with van der Waals surface area (Å²) in [5.41, 5.74) is -2.44. The van der Waals surface area contributed by atoms with Gasteiger partial charge in [0.05, 0.1) is 17.2 Å². The first kappa shape index (κ1) is 24.5. The Morgan fingerprint density at radius 3 is 2.69 bits per heavy atom. The minimum Gasteiger partial charge on any atom is -0.457 e. The second-order valence-corrected chi connectivity index (χ2v) is 11.7. The molecule has 8 atom stereocenters. The first-order valence-electron chi connectivity index (χ1n) is 12.2. The predicted molar refractivity (Wildman–Crippen MR) is 127 cm³/mol. The fraction of sp³-hybridized carbons (Fsp3) is 0.593. The summed E-state index contributed by atoms with van der Waals surface area (Å²) in [6, 6.07) is 3.02. The number of carbonyl (C=O) groups is 3. The Labute approximate surface area is 209 Å². The second kappa shape index (κ2) is 7.89. The van der Waals surface area contributed by atoms with E-state index in [1.54, 1.807) is 12.1 Å². The van der Waals surface area contributed by atoms with Gasteiger partial charge >= 0.3 is 5.97 Å². The highest BCUT2D eigenvalue weighted by molar-refractivity contribution is 6.26.